The number of carbonyl (C=O) groups excluding carboxylic acids is 1. The van der Waals surface area contributed by atoms with Crippen LogP contribution in [-0.2, 0) is 4.79 Å². The number of nitrogens with one attached hydrogen (secondary N) is 1. The van der Waals surface area contributed by atoms with Gasteiger partial charge < -0.3 is 15.1 Å². The van der Waals surface area contributed by atoms with Gasteiger partial charge in [-0.3, -0.25) is 4.79 Å². The molecule has 2 aliphatic rings. The van der Waals surface area contributed by atoms with Gasteiger partial charge in [-0.1, -0.05) is 17.7 Å². The zero-order valence-corrected chi connectivity index (χ0v) is 20.7. The number of aryl methyl sites for hydroxylation is 1. The molecule has 3 aromatic rings. The minimum absolute atomic E-state index is 0.306. The normalized spacial score (nSPS) is 17.5. The lowest BCUT2D eigenvalue weighted by molar-refractivity contribution is -0.111. The third-order valence-corrected chi connectivity index (χ3v) is 7.33. The number of nitrogens with zero attached hydrogens (tertiary/aromatic N) is 3. The molecule has 7 heteroatoms. The van der Waals surface area contributed by atoms with Gasteiger partial charge in [-0.2, -0.15) is 0 Å². The number of hydrogen-bond donors (Lipinski definition) is 1. The summed E-state index contributed by atoms with van der Waals surface area (Å²) in [5.41, 5.74) is 3.02. The van der Waals surface area contributed by atoms with Crippen molar-refractivity contribution in [1.29, 1.82) is 0 Å². The van der Waals surface area contributed by atoms with Crippen LogP contribution in [0.5, 0.6) is 0 Å². The Morgan fingerprint density at radius 3 is 2.60 bits per heavy atom. The first-order valence-electron chi connectivity index (χ1n) is 12.3. The molecule has 5 rings (SSSR count). The van der Waals surface area contributed by atoms with E-state index in [-0.39, 0.29) is 5.91 Å². The van der Waals surface area contributed by atoms with Crippen molar-refractivity contribution in [2.75, 3.05) is 36.4 Å². The van der Waals surface area contributed by atoms with E-state index in [1.807, 2.05) is 18.2 Å². The molecule has 1 amide bonds. The Balaban J connectivity index is 1.25. The Hall–Kier alpha value is -2.96. The molecule has 0 radical (unpaired) electrons. The zero-order chi connectivity index (χ0) is 24.4. The lowest BCUT2D eigenvalue weighted by Crippen LogP contribution is -2.44. The van der Waals surface area contributed by atoms with Gasteiger partial charge in [-0.25, -0.2) is 9.37 Å². The van der Waals surface area contributed by atoms with E-state index in [1.54, 1.807) is 12.1 Å². The van der Waals surface area contributed by atoms with Crippen LogP contribution in [0.25, 0.3) is 17.0 Å². The Bertz CT molecular complexity index is 1260. The number of carbonyl (C=O) groups is 1. The van der Waals surface area contributed by atoms with Crippen LogP contribution in [0.4, 0.5) is 15.9 Å². The van der Waals surface area contributed by atoms with Gasteiger partial charge in [0.05, 0.1) is 5.52 Å². The SMILES string of the molecule is Cc1cc(N2CCC(N3CCCC3)CC2)nc2ccc(NC(=O)/C=C/c3ccc(Cl)cc3F)cc12. The van der Waals surface area contributed by atoms with Crippen molar-refractivity contribution in [2.45, 2.75) is 38.6 Å². The van der Waals surface area contributed by atoms with Gasteiger partial charge in [0, 0.05) is 46.9 Å². The first-order valence-corrected chi connectivity index (χ1v) is 12.7. The van der Waals surface area contributed by atoms with E-state index in [0.29, 0.717) is 22.3 Å². The minimum atomic E-state index is -0.468. The zero-order valence-electron chi connectivity index (χ0n) is 19.9. The molecule has 0 bridgehead atoms. The molecule has 3 heterocycles. The molecule has 2 saturated heterocycles. The van der Waals surface area contributed by atoms with E-state index < -0.39 is 5.82 Å². The third-order valence-electron chi connectivity index (χ3n) is 7.09. The van der Waals surface area contributed by atoms with Crippen molar-refractivity contribution >= 4 is 46.0 Å². The molecule has 0 atom stereocenters. The summed E-state index contributed by atoms with van der Waals surface area (Å²) in [7, 11) is 0. The van der Waals surface area contributed by atoms with Gasteiger partial charge in [-0.15, -0.1) is 0 Å². The largest absolute Gasteiger partial charge is 0.356 e. The van der Waals surface area contributed by atoms with Crippen molar-refractivity contribution in [3.8, 4) is 0 Å². The van der Waals surface area contributed by atoms with Crippen LogP contribution in [0.2, 0.25) is 5.02 Å². The lowest BCUT2D eigenvalue weighted by atomic mass is 10.0. The van der Waals surface area contributed by atoms with E-state index in [1.165, 1.54) is 57.0 Å². The molecule has 1 aromatic heterocycles. The van der Waals surface area contributed by atoms with Crippen LogP contribution >= 0.6 is 11.6 Å². The molecule has 1 N–H and O–H groups in total. The van der Waals surface area contributed by atoms with Gasteiger partial charge in [-0.05, 0) is 93.7 Å². The monoisotopic (exact) mass is 492 g/mol. The second kappa shape index (κ2) is 10.3. The molecular formula is C28H30ClFN4O. The summed E-state index contributed by atoms with van der Waals surface area (Å²) in [5.74, 6) is 0.228. The molecule has 0 saturated carbocycles. The standard InChI is InChI=1S/C28H30ClFN4O/c1-19-16-27(34-14-10-23(11-15-34)33-12-2-3-13-33)32-26-8-7-22(18-24(19)26)31-28(35)9-5-20-4-6-21(29)17-25(20)30/h4-9,16-18,23H,2-3,10-15H2,1H3,(H,31,35)/b9-5+. The first-order chi connectivity index (χ1) is 17.0. The minimum Gasteiger partial charge on any atom is -0.356 e. The molecule has 0 spiro atoms. The van der Waals surface area contributed by atoms with Gasteiger partial charge in [0.1, 0.15) is 11.6 Å². The number of anilines is 2. The molecule has 0 unspecified atom stereocenters. The quantitative estimate of drug-likeness (QED) is 0.440. The van der Waals surface area contributed by atoms with Crippen molar-refractivity contribution in [3.63, 3.8) is 0 Å². The number of likely N-dealkylation sites (tertiary alicyclic amines) is 1. The van der Waals surface area contributed by atoms with E-state index >= 15 is 0 Å². The molecular weight excluding hydrogens is 463 g/mol. The summed E-state index contributed by atoms with van der Waals surface area (Å²) in [6.07, 6.45) is 7.81. The number of aromatic nitrogens is 1. The van der Waals surface area contributed by atoms with E-state index in [0.717, 1.165) is 35.4 Å². The fraction of sp³-hybridized carbons (Fsp3) is 0.357. The van der Waals surface area contributed by atoms with Gasteiger partial charge in [0.15, 0.2) is 0 Å². The second-order valence-corrected chi connectivity index (χ2v) is 9.92. The molecule has 2 aromatic carbocycles. The Kier molecular flexibility index (Phi) is 7.02. The maximum absolute atomic E-state index is 13.9. The third kappa shape index (κ3) is 5.49. The number of pyridine rings is 1. The smallest absolute Gasteiger partial charge is 0.248 e. The number of benzene rings is 2. The summed E-state index contributed by atoms with van der Waals surface area (Å²) < 4.78 is 13.9. The Morgan fingerprint density at radius 2 is 1.86 bits per heavy atom. The molecule has 35 heavy (non-hydrogen) atoms. The maximum atomic E-state index is 13.9. The van der Waals surface area contributed by atoms with Crippen molar-refractivity contribution in [1.82, 2.24) is 9.88 Å². The molecule has 2 fully saturated rings. The van der Waals surface area contributed by atoms with Gasteiger partial charge >= 0.3 is 0 Å². The Labute approximate surface area is 210 Å². The van der Waals surface area contributed by atoms with E-state index in [2.05, 4.69) is 28.1 Å². The highest BCUT2D eigenvalue weighted by Gasteiger charge is 2.27. The summed E-state index contributed by atoms with van der Waals surface area (Å²) in [6, 6.07) is 13.0. The number of amides is 1. The van der Waals surface area contributed by atoms with E-state index in [9.17, 15) is 9.18 Å². The topological polar surface area (TPSA) is 48.5 Å². The summed E-state index contributed by atoms with van der Waals surface area (Å²) in [6.45, 7) is 6.66. The van der Waals surface area contributed by atoms with Crippen LogP contribution in [-0.4, -0.2) is 48.0 Å². The number of rotatable bonds is 5. The van der Waals surface area contributed by atoms with Crippen LogP contribution in [0.1, 0.15) is 36.8 Å². The first kappa shape index (κ1) is 23.8. The highest BCUT2D eigenvalue weighted by Crippen LogP contribution is 2.28. The van der Waals surface area contributed by atoms with Gasteiger partial charge in [0.25, 0.3) is 0 Å². The van der Waals surface area contributed by atoms with Crippen LogP contribution in [0.3, 0.4) is 0 Å². The summed E-state index contributed by atoms with van der Waals surface area (Å²) in [5, 5.41) is 4.18. The molecule has 0 aliphatic carbocycles. The summed E-state index contributed by atoms with van der Waals surface area (Å²) in [4.78, 5) is 22.4. The number of piperidine rings is 1. The second-order valence-electron chi connectivity index (χ2n) is 9.48. The number of fused-ring (bicyclic) bond motifs is 1. The fourth-order valence-electron chi connectivity index (χ4n) is 5.17. The fourth-order valence-corrected chi connectivity index (χ4v) is 5.33. The van der Waals surface area contributed by atoms with Crippen LogP contribution in [0.15, 0.2) is 48.5 Å². The summed E-state index contributed by atoms with van der Waals surface area (Å²) >= 11 is 5.78. The highest BCUT2D eigenvalue weighted by molar-refractivity contribution is 6.30. The average molecular weight is 493 g/mol. The molecule has 5 nitrogen and oxygen atoms in total. The Morgan fingerprint density at radius 1 is 1.09 bits per heavy atom. The predicted octanol–water partition coefficient (Wildman–Crippen LogP) is 6.05. The molecule has 2 aliphatic heterocycles. The maximum Gasteiger partial charge on any atom is 0.248 e. The van der Waals surface area contributed by atoms with Crippen molar-refractivity contribution < 1.29 is 9.18 Å². The average Bonchev–Trinajstić information content (AvgIpc) is 3.39. The predicted molar refractivity (Wildman–Crippen MR) is 142 cm³/mol. The highest BCUT2D eigenvalue weighted by atomic mass is 35.5. The molecule has 182 valence electrons. The number of halogens is 2. The van der Waals surface area contributed by atoms with Crippen LogP contribution < -0.4 is 10.2 Å². The number of hydrogen-bond acceptors (Lipinski definition) is 4. The lowest BCUT2D eigenvalue weighted by Gasteiger charge is -2.37. The van der Waals surface area contributed by atoms with Crippen molar-refractivity contribution in [2.24, 2.45) is 0 Å². The van der Waals surface area contributed by atoms with E-state index in [4.69, 9.17) is 16.6 Å². The van der Waals surface area contributed by atoms with Crippen LogP contribution in [0, 0.1) is 12.7 Å². The van der Waals surface area contributed by atoms with Gasteiger partial charge in [0.2, 0.25) is 5.91 Å². The van der Waals surface area contributed by atoms with Crippen molar-refractivity contribution in [3.05, 3.63) is 70.5 Å².